The predicted octanol–water partition coefficient (Wildman–Crippen LogP) is 5.15. The molecule has 4 aromatic rings. The summed E-state index contributed by atoms with van der Waals surface area (Å²) in [7, 11) is 0. The number of anilines is 1. The van der Waals surface area contributed by atoms with Gasteiger partial charge < -0.3 is 15.0 Å². The summed E-state index contributed by atoms with van der Waals surface area (Å²) < 4.78 is 13.6. The number of hydrogen-bond acceptors (Lipinski definition) is 4. The van der Waals surface area contributed by atoms with Gasteiger partial charge in [-0.05, 0) is 66.6 Å². The van der Waals surface area contributed by atoms with Crippen LogP contribution in [0, 0.1) is 5.82 Å². The number of benzene rings is 2. The number of fused-ring (bicyclic) bond motifs is 1. The van der Waals surface area contributed by atoms with Crippen LogP contribution >= 0.6 is 0 Å². The van der Waals surface area contributed by atoms with Gasteiger partial charge in [0.2, 0.25) is 0 Å². The number of aromatic amines is 1. The third-order valence-electron chi connectivity index (χ3n) is 5.70. The molecule has 0 bridgehead atoms. The Labute approximate surface area is 173 Å². The van der Waals surface area contributed by atoms with Gasteiger partial charge in [-0.1, -0.05) is 0 Å². The van der Waals surface area contributed by atoms with Crippen LogP contribution in [0.25, 0.3) is 10.9 Å². The first-order valence-electron chi connectivity index (χ1n) is 9.96. The van der Waals surface area contributed by atoms with Crippen molar-refractivity contribution in [1.82, 2.24) is 9.97 Å². The molecular formula is C24H21FN4O. The molecule has 1 unspecified atom stereocenters. The monoisotopic (exact) mass is 400 g/mol. The molecule has 30 heavy (non-hydrogen) atoms. The van der Waals surface area contributed by atoms with E-state index in [0.717, 1.165) is 25.2 Å². The van der Waals surface area contributed by atoms with Crippen molar-refractivity contribution >= 4 is 28.5 Å². The van der Waals surface area contributed by atoms with Crippen LogP contribution in [0.15, 0.2) is 72.0 Å². The highest BCUT2D eigenvalue weighted by Crippen LogP contribution is 2.32. The molecule has 5 nitrogen and oxygen atoms in total. The van der Waals surface area contributed by atoms with Crippen LogP contribution in [0.4, 0.5) is 15.8 Å². The zero-order valence-electron chi connectivity index (χ0n) is 16.3. The number of nitrogens with one attached hydrogen (secondary N) is 1. The van der Waals surface area contributed by atoms with Gasteiger partial charge in [-0.15, -0.1) is 0 Å². The average Bonchev–Trinajstić information content (AvgIpc) is 3.38. The Morgan fingerprint density at radius 2 is 1.90 bits per heavy atom. The van der Waals surface area contributed by atoms with Crippen molar-refractivity contribution < 1.29 is 9.50 Å². The van der Waals surface area contributed by atoms with Gasteiger partial charge >= 0.3 is 0 Å². The first kappa shape index (κ1) is 18.4. The minimum Gasteiger partial charge on any atom is -0.494 e. The fourth-order valence-corrected chi connectivity index (χ4v) is 4.09. The summed E-state index contributed by atoms with van der Waals surface area (Å²) in [5.41, 5.74) is 4.43. The van der Waals surface area contributed by atoms with Gasteiger partial charge in [-0.3, -0.25) is 9.98 Å². The van der Waals surface area contributed by atoms with Gasteiger partial charge in [0.25, 0.3) is 0 Å². The molecule has 6 heteroatoms. The number of aromatic hydroxyl groups is 1. The summed E-state index contributed by atoms with van der Waals surface area (Å²) in [6.07, 6.45) is 6.40. The van der Waals surface area contributed by atoms with Gasteiger partial charge in [0.15, 0.2) is 5.88 Å². The lowest BCUT2D eigenvalue weighted by Gasteiger charge is -2.19. The molecular weight excluding hydrogens is 379 g/mol. The Hall–Kier alpha value is -3.67. The highest BCUT2D eigenvalue weighted by atomic mass is 19.1. The van der Waals surface area contributed by atoms with E-state index in [0.29, 0.717) is 22.4 Å². The fraction of sp³-hybridized carbons (Fsp3) is 0.167. The molecule has 150 valence electrons. The van der Waals surface area contributed by atoms with Crippen LogP contribution in [-0.2, 0) is 0 Å². The van der Waals surface area contributed by atoms with Gasteiger partial charge in [-0.25, -0.2) is 4.39 Å². The van der Waals surface area contributed by atoms with Crippen LogP contribution < -0.4 is 4.90 Å². The Bertz CT molecular complexity index is 1200. The summed E-state index contributed by atoms with van der Waals surface area (Å²) >= 11 is 0. The van der Waals surface area contributed by atoms with Crippen LogP contribution in [0.1, 0.15) is 23.5 Å². The van der Waals surface area contributed by atoms with Gasteiger partial charge in [0.1, 0.15) is 5.82 Å². The number of hydrogen-bond donors (Lipinski definition) is 2. The van der Waals surface area contributed by atoms with E-state index in [1.807, 2.05) is 24.5 Å². The number of halogens is 1. The van der Waals surface area contributed by atoms with Gasteiger partial charge in [0.05, 0.1) is 11.3 Å². The maximum atomic E-state index is 13.6. The molecule has 1 atom stereocenters. The average molecular weight is 400 g/mol. The minimum absolute atomic E-state index is 0.0183. The maximum absolute atomic E-state index is 13.6. The highest BCUT2D eigenvalue weighted by Gasteiger charge is 2.23. The Balaban J connectivity index is 1.31. The SMILES string of the molecule is Oc1[nH]c2ccc(F)cc2c1C=Nc1ccc(N2CCC(c3ccncc3)C2)cc1. The normalized spacial score (nSPS) is 16.7. The van der Waals surface area contributed by atoms with Crippen molar-refractivity contribution in [2.45, 2.75) is 12.3 Å². The molecule has 1 saturated heterocycles. The second kappa shape index (κ2) is 7.63. The van der Waals surface area contributed by atoms with Crippen molar-refractivity contribution in [3.8, 4) is 5.88 Å². The number of nitrogens with zero attached hydrogens (tertiary/aromatic N) is 3. The molecule has 2 N–H and O–H groups in total. The molecule has 5 rings (SSSR count). The summed E-state index contributed by atoms with van der Waals surface area (Å²) in [6, 6.07) is 16.6. The lowest BCUT2D eigenvalue weighted by molar-refractivity contribution is 0.457. The summed E-state index contributed by atoms with van der Waals surface area (Å²) in [6.45, 7) is 2.01. The number of H-pyrrole nitrogens is 1. The van der Waals surface area contributed by atoms with Crippen LogP contribution in [-0.4, -0.2) is 34.4 Å². The van der Waals surface area contributed by atoms with E-state index in [-0.39, 0.29) is 11.7 Å². The molecule has 0 amide bonds. The molecule has 3 heterocycles. The zero-order valence-corrected chi connectivity index (χ0v) is 16.3. The number of rotatable bonds is 4. The van der Waals surface area contributed by atoms with E-state index in [1.165, 1.54) is 23.4 Å². The van der Waals surface area contributed by atoms with E-state index in [1.54, 1.807) is 12.3 Å². The lowest BCUT2D eigenvalue weighted by Crippen LogP contribution is -2.18. The van der Waals surface area contributed by atoms with E-state index >= 15 is 0 Å². The van der Waals surface area contributed by atoms with Gasteiger partial charge in [0, 0.05) is 54.2 Å². The Morgan fingerprint density at radius 1 is 1.10 bits per heavy atom. The summed E-state index contributed by atoms with van der Waals surface area (Å²) in [4.78, 5) is 13.8. The van der Waals surface area contributed by atoms with Crippen LogP contribution in [0.5, 0.6) is 5.88 Å². The van der Waals surface area contributed by atoms with Crippen molar-refractivity contribution in [1.29, 1.82) is 0 Å². The van der Waals surface area contributed by atoms with E-state index in [9.17, 15) is 9.50 Å². The molecule has 2 aromatic carbocycles. The van der Waals surface area contributed by atoms with E-state index in [2.05, 4.69) is 44.1 Å². The van der Waals surface area contributed by atoms with E-state index < -0.39 is 0 Å². The third kappa shape index (κ3) is 3.52. The molecule has 0 aliphatic carbocycles. The maximum Gasteiger partial charge on any atom is 0.198 e. The summed E-state index contributed by atoms with van der Waals surface area (Å²) in [5, 5.41) is 10.7. The molecule has 1 aliphatic heterocycles. The number of aliphatic imine (C=N–C) groups is 1. The molecule has 0 spiro atoms. The second-order valence-electron chi connectivity index (χ2n) is 7.56. The quantitative estimate of drug-likeness (QED) is 0.466. The Morgan fingerprint density at radius 3 is 2.70 bits per heavy atom. The smallest absolute Gasteiger partial charge is 0.198 e. The molecule has 1 aliphatic rings. The molecule has 1 fully saturated rings. The van der Waals surface area contributed by atoms with Crippen molar-refractivity contribution in [3.63, 3.8) is 0 Å². The number of aromatic nitrogens is 2. The second-order valence-corrected chi connectivity index (χ2v) is 7.56. The third-order valence-corrected chi connectivity index (χ3v) is 5.70. The molecule has 2 aromatic heterocycles. The highest BCUT2D eigenvalue weighted by molar-refractivity contribution is 6.02. The van der Waals surface area contributed by atoms with Crippen LogP contribution in [0.2, 0.25) is 0 Å². The summed E-state index contributed by atoms with van der Waals surface area (Å²) in [5.74, 6) is 0.155. The zero-order chi connectivity index (χ0) is 20.5. The van der Waals surface area contributed by atoms with Crippen molar-refractivity contribution in [3.05, 3.63) is 83.9 Å². The topological polar surface area (TPSA) is 64.5 Å². The lowest BCUT2D eigenvalue weighted by atomic mass is 10.00. The largest absolute Gasteiger partial charge is 0.494 e. The van der Waals surface area contributed by atoms with E-state index in [4.69, 9.17) is 0 Å². The number of pyridine rings is 1. The molecule has 0 radical (unpaired) electrons. The minimum atomic E-state index is -0.351. The van der Waals surface area contributed by atoms with Gasteiger partial charge in [-0.2, -0.15) is 0 Å². The standard InChI is InChI=1S/C24H21FN4O/c25-18-1-6-23-21(13-18)22(24(30)28-23)14-27-19-2-4-20(5-3-19)29-12-9-17(15-29)16-7-10-26-11-8-16/h1-8,10-11,13-14,17,28,30H,9,12,15H2. The van der Waals surface area contributed by atoms with Crippen molar-refractivity contribution in [2.75, 3.05) is 18.0 Å². The molecule has 0 saturated carbocycles. The fourth-order valence-electron chi connectivity index (χ4n) is 4.09. The predicted molar refractivity (Wildman–Crippen MR) is 117 cm³/mol. The van der Waals surface area contributed by atoms with Crippen LogP contribution in [0.3, 0.4) is 0 Å². The first-order valence-corrected chi connectivity index (χ1v) is 9.96. The van der Waals surface area contributed by atoms with Crippen molar-refractivity contribution in [2.24, 2.45) is 4.99 Å². The first-order chi connectivity index (χ1) is 14.7. The Kier molecular flexibility index (Phi) is 4.67.